The lowest BCUT2D eigenvalue weighted by molar-refractivity contribution is 0.0167. The van der Waals surface area contributed by atoms with Gasteiger partial charge in [0.25, 0.3) is 5.91 Å². The van der Waals surface area contributed by atoms with E-state index in [-0.39, 0.29) is 11.9 Å². The number of morpholine rings is 1. The Morgan fingerprint density at radius 3 is 2.46 bits per heavy atom. The molecule has 26 heavy (non-hydrogen) atoms. The maximum Gasteiger partial charge on any atom is 0.251 e. The molecular formula is C21H26N2O3. The van der Waals surface area contributed by atoms with Crippen molar-refractivity contribution in [2.45, 2.75) is 12.5 Å². The lowest BCUT2D eigenvalue weighted by Gasteiger charge is -2.34. The molecule has 1 amide bonds. The number of carbonyl (C=O) groups excluding carboxylic acids is 1. The van der Waals surface area contributed by atoms with Crippen LogP contribution in [0.1, 0.15) is 15.9 Å². The van der Waals surface area contributed by atoms with Crippen LogP contribution in [0.2, 0.25) is 0 Å². The molecule has 0 radical (unpaired) electrons. The van der Waals surface area contributed by atoms with Crippen molar-refractivity contribution < 1.29 is 14.3 Å². The standard InChI is InChI=1S/C21H26N2O3/c1-25-20-9-7-18(8-10-20)21(24)22-16-19(23-11-13-26-14-12-23)15-17-5-3-2-4-6-17/h2-10,19H,11-16H2,1H3,(H,22,24). The average Bonchev–Trinajstić information content (AvgIpc) is 2.72. The number of hydrogen-bond acceptors (Lipinski definition) is 4. The van der Waals surface area contributed by atoms with Gasteiger partial charge in [0.1, 0.15) is 5.75 Å². The van der Waals surface area contributed by atoms with Gasteiger partial charge in [-0.25, -0.2) is 0 Å². The zero-order valence-electron chi connectivity index (χ0n) is 15.2. The quantitative estimate of drug-likeness (QED) is 0.829. The topological polar surface area (TPSA) is 50.8 Å². The molecule has 5 nitrogen and oxygen atoms in total. The molecule has 1 saturated heterocycles. The molecule has 138 valence electrons. The first-order valence-corrected chi connectivity index (χ1v) is 9.04. The smallest absolute Gasteiger partial charge is 0.251 e. The van der Waals surface area contributed by atoms with Crippen molar-refractivity contribution in [1.82, 2.24) is 10.2 Å². The minimum absolute atomic E-state index is 0.0565. The van der Waals surface area contributed by atoms with E-state index in [9.17, 15) is 4.79 Å². The molecule has 1 aliphatic rings. The molecule has 1 aliphatic heterocycles. The van der Waals surface area contributed by atoms with E-state index in [0.29, 0.717) is 12.1 Å². The number of nitrogens with zero attached hydrogens (tertiary/aromatic N) is 1. The van der Waals surface area contributed by atoms with Crippen molar-refractivity contribution in [1.29, 1.82) is 0 Å². The fourth-order valence-electron chi connectivity index (χ4n) is 3.21. The van der Waals surface area contributed by atoms with E-state index in [1.54, 1.807) is 31.4 Å². The van der Waals surface area contributed by atoms with Gasteiger partial charge < -0.3 is 14.8 Å². The van der Waals surface area contributed by atoms with Crippen molar-refractivity contribution in [3.8, 4) is 5.75 Å². The largest absolute Gasteiger partial charge is 0.497 e. The van der Waals surface area contributed by atoms with Crippen molar-refractivity contribution in [2.75, 3.05) is 40.0 Å². The van der Waals surface area contributed by atoms with Crippen LogP contribution in [0.5, 0.6) is 5.75 Å². The first-order chi connectivity index (χ1) is 12.8. The van der Waals surface area contributed by atoms with Crippen LogP contribution < -0.4 is 10.1 Å². The van der Waals surface area contributed by atoms with Crippen molar-refractivity contribution >= 4 is 5.91 Å². The van der Waals surface area contributed by atoms with Crippen LogP contribution in [-0.2, 0) is 11.2 Å². The van der Waals surface area contributed by atoms with Crippen LogP contribution in [0.3, 0.4) is 0 Å². The summed E-state index contributed by atoms with van der Waals surface area (Å²) in [4.78, 5) is 14.9. The maximum absolute atomic E-state index is 12.5. The molecule has 0 aliphatic carbocycles. The molecule has 1 heterocycles. The van der Waals surface area contributed by atoms with E-state index >= 15 is 0 Å². The van der Waals surface area contributed by atoms with E-state index < -0.39 is 0 Å². The Morgan fingerprint density at radius 2 is 1.81 bits per heavy atom. The summed E-state index contributed by atoms with van der Waals surface area (Å²) in [5.74, 6) is 0.691. The SMILES string of the molecule is COc1ccc(C(=O)NCC(Cc2ccccc2)N2CCOCC2)cc1. The highest BCUT2D eigenvalue weighted by Gasteiger charge is 2.22. The lowest BCUT2D eigenvalue weighted by Crippen LogP contribution is -2.49. The summed E-state index contributed by atoms with van der Waals surface area (Å²) in [6.45, 7) is 3.90. The van der Waals surface area contributed by atoms with Gasteiger partial charge in [0.15, 0.2) is 0 Å². The summed E-state index contributed by atoms with van der Waals surface area (Å²) in [7, 11) is 1.62. The summed E-state index contributed by atoms with van der Waals surface area (Å²) in [6.07, 6.45) is 0.906. The number of benzene rings is 2. The van der Waals surface area contributed by atoms with E-state index in [1.807, 2.05) is 6.07 Å². The fraction of sp³-hybridized carbons (Fsp3) is 0.381. The second kappa shape index (κ2) is 9.36. The van der Waals surface area contributed by atoms with Crippen LogP contribution in [0.15, 0.2) is 54.6 Å². The van der Waals surface area contributed by atoms with Crippen LogP contribution in [0.25, 0.3) is 0 Å². The molecule has 1 unspecified atom stereocenters. The number of carbonyl (C=O) groups is 1. The number of ether oxygens (including phenoxy) is 2. The molecule has 0 spiro atoms. The third-order valence-corrected chi connectivity index (χ3v) is 4.73. The highest BCUT2D eigenvalue weighted by molar-refractivity contribution is 5.94. The molecule has 0 saturated carbocycles. The molecule has 0 bridgehead atoms. The highest BCUT2D eigenvalue weighted by atomic mass is 16.5. The zero-order valence-corrected chi connectivity index (χ0v) is 15.2. The molecule has 1 atom stereocenters. The average molecular weight is 354 g/mol. The minimum Gasteiger partial charge on any atom is -0.497 e. The first kappa shape index (κ1) is 18.4. The number of rotatable bonds is 7. The van der Waals surface area contributed by atoms with Crippen molar-refractivity contribution in [3.05, 3.63) is 65.7 Å². The summed E-state index contributed by atoms with van der Waals surface area (Å²) in [5, 5.41) is 3.09. The van der Waals surface area contributed by atoms with Gasteiger partial charge in [0.05, 0.1) is 20.3 Å². The van der Waals surface area contributed by atoms with Crippen molar-refractivity contribution in [2.24, 2.45) is 0 Å². The summed E-state index contributed by atoms with van der Waals surface area (Å²) >= 11 is 0. The maximum atomic E-state index is 12.5. The Bertz CT molecular complexity index is 682. The van der Waals surface area contributed by atoms with Gasteiger partial charge in [-0.2, -0.15) is 0 Å². The van der Waals surface area contributed by atoms with Gasteiger partial charge in [-0.15, -0.1) is 0 Å². The fourth-order valence-corrected chi connectivity index (χ4v) is 3.21. The van der Waals surface area contributed by atoms with Crippen LogP contribution >= 0.6 is 0 Å². The van der Waals surface area contributed by atoms with Crippen LogP contribution in [0.4, 0.5) is 0 Å². The van der Waals surface area contributed by atoms with Gasteiger partial charge in [0.2, 0.25) is 0 Å². The molecule has 1 N–H and O–H groups in total. The molecular weight excluding hydrogens is 328 g/mol. The highest BCUT2D eigenvalue weighted by Crippen LogP contribution is 2.13. The predicted molar refractivity (Wildman–Crippen MR) is 102 cm³/mol. The van der Waals surface area contributed by atoms with Crippen LogP contribution in [0, 0.1) is 0 Å². The number of amides is 1. The minimum atomic E-state index is -0.0565. The van der Waals surface area contributed by atoms with Gasteiger partial charge >= 0.3 is 0 Å². The Balaban J connectivity index is 1.63. The van der Waals surface area contributed by atoms with Crippen LogP contribution in [-0.4, -0.2) is 56.8 Å². The Hall–Kier alpha value is -2.37. The molecule has 3 rings (SSSR count). The Morgan fingerprint density at radius 1 is 1.12 bits per heavy atom. The third kappa shape index (κ3) is 5.07. The Labute approximate surface area is 154 Å². The summed E-state index contributed by atoms with van der Waals surface area (Å²) in [5.41, 5.74) is 1.92. The van der Waals surface area contributed by atoms with Gasteiger partial charge in [-0.1, -0.05) is 30.3 Å². The normalized spacial score (nSPS) is 16.0. The number of hydrogen-bond donors (Lipinski definition) is 1. The van der Waals surface area contributed by atoms with Gasteiger partial charge in [0, 0.05) is 31.2 Å². The van der Waals surface area contributed by atoms with E-state index in [1.165, 1.54) is 5.56 Å². The molecule has 2 aromatic carbocycles. The van der Waals surface area contributed by atoms with Gasteiger partial charge in [-0.05, 0) is 36.2 Å². The Kier molecular flexibility index (Phi) is 6.63. The summed E-state index contributed by atoms with van der Waals surface area (Å²) < 4.78 is 10.6. The first-order valence-electron chi connectivity index (χ1n) is 9.04. The molecule has 2 aromatic rings. The molecule has 5 heteroatoms. The van der Waals surface area contributed by atoms with Gasteiger partial charge in [-0.3, -0.25) is 9.69 Å². The van der Waals surface area contributed by atoms with E-state index in [4.69, 9.17) is 9.47 Å². The lowest BCUT2D eigenvalue weighted by atomic mass is 10.0. The van der Waals surface area contributed by atoms with Crippen molar-refractivity contribution in [3.63, 3.8) is 0 Å². The second-order valence-electron chi connectivity index (χ2n) is 6.43. The monoisotopic (exact) mass is 354 g/mol. The number of methoxy groups -OCH3 is 1. The third-order valence-electron chi connectivity index (χ3n) is 4.73. The zero-order chi connectivity index (χ0) is 18.2. The van der Waals surface area contributed by atoms with E-state index in [0.717, 1.165) is 38.5 Å². The number of nitrogens with one attached hydrogen (secondary N) is 1. The molecule has 1 fully saturated rings. The molecule has 0 aromatic heterocycles. The van der Waals surface area contributed by atoms with E-state index in [2.05, 4.69) is 34.5 Å². The second-order valence-corrected chi connectivity index (χ2v) is 6.43. The predicted octanol–water partition coefficient (Wildman–Crippen LogP) is 2.37. The summed E-state index contributed by atoms with van der Waals surface area (Å²) in [6, 6.07) is 17.9.